The Morgan fingerprint density at radius 3 is 2.00 bits per heavy atom. The molecule has 0 aliphatic carbocycles. The van der Waals surface area contributed by atoms with Crippen LogP contribution in [0.3, 0.4) is 0 Å². The second-order valence-electron chi connectivity index (χ2n) is 2.23. The Kier molecular flexibility index (Phi) is 3.82. The Labute approximate surface area is 53.7 Å². The van der Waals surface area contributed by atoms with Gasteiger partial charge in [0.15, 0.2) is 0 Å². The summed E-state index contributed by atoms with van der Waals surface area (Å²) in [6.07, 6.45) is 2.14. The van der Waals surface area contributed by atoms with Crippen LogP contribution in [0.25, 0.3) is 0 Å². The van der Waals surface area contributed by atoms with E-state index in [1.807, 2.05) is 0 Å². The second-order valence-corrected chi connectivity index (χ2v) is 5.13. The summed E-state index contributed by atoms with van der Waals surface area (Å²) in [6.45, 7) is 4.38. The monoisotopic (exact) mass is 129 g/mol. The van der Waals surface area contributed by atoms with E-state index in [-0.39, 0.29) is 0 Å². The highest BCUT2D eigenvalue weighted by molar-refractivity contribution is 6.59. The Bertz CT molecular complexity index is 78.6. The predicted octanol–water partition coefficient (Wildman–Crippen LogP) is 1.02. The van der Waals surface area contributed by atoms with Crippen LogP contribution in [-0.2, 0) is 0 Å². The molecule has 0 aromatic carbocycles. The third-order valence-electron chi connectivity index (χ3n) is 1.29. The van der Waals surface area contributed by atoms with Crippen molar-refractivity contribution < 1.29 is 0 Å². The Morgan fingerprint density at radius 2 is 1.88 bits per heavy atom. The molecular weight excluding hydrogens is 114 g/mol. The van der Waals surface area contributed by atoms with Crippen molar-refractivity contribution >= 4 is 8.96 Å². The molecule has 2 heteroatoms. The molecule has 1 unspecified atom stereocenters. The maximum atomic E-state index is 2.31. The van der Waals surface area contributed by atoms with Crippen LogP contribution in [0.2, 0.25) is 6.55 Å². The van der Waals surface area contributed by atoms with Crippen LogP contribution in [0.5, 0.6) is 0 Å². The van der Waals surface area contributed by atoms with Gasteiger partial charge in [0.25, 0.3) is 0 Å². The first-order chi connectivity index (χ1) is 3.68. The predicted molar refractivity (Wildman–Crippen MR) is 41.5 cm³/mol. The van der Waals surface area contributed by atoms with E-state index in [0.29, 0.717) is 0 Å². The lowest BCUT2D eigenvalue weighted by atomic mass is 10.8. The first-order valence-corrected chi connectivity index (χ1v) is 5.31. The molecule has 0 fully saturated rings. The number of nitrogens with zero attached hydrogens (tertiary/aromatic N) is 1. The molecule has 0 saturated heterocycles. The first-order valence-electron chi connectivity index (χ1n) is 2.97. The molecular formula is C6H15NSi. The van der Waals surface area contributed by atoms with Crippen molar-refractivity contribution in [3.8, 4) is 0 Å². The van der Waals surface area contributed by atoms with Crippen molar-refractivity contribution in [3.05, 3.63) is 11.8 Å². The van der Waals surface area contributed by atoms with E-state index in [2.05, 4.69) is 43.9 Å². The van der Waals surface area contributed by atoms with E-state index in [1.165, 1.54) is 0 Å². The minimum absolute atomic E-state index is 0.623. The fourth-order valence-electron chi connectivity index (χ4n) is 0.451. The highest BCUT2D eigenvalue weighted by Gasteiger charge is 1.97. The third kappa shape index (κ3) is 2.99. The maximum absolute atomic E-state index is 2.31. The largest absolute Gasteiger partial charge is 0.328 e. The topological polar surface area (TPSA) is 3.24 Å². The second kappa shape index (κ2) is 3.86. The van der Waals surface area contributed by atoms with E-state index in [0.717, 1.165) is 0 Å². The Balaban J connectivity index is 3.47. The summed E-state index contributed by atoms with van der Waals surface area (Å²) in [7, 11) is 3.65. The molecule has 0 spiro atoms. The maximum Gasteiger partial charge on any atom is 0.132 e. The summed E-state index contributed by atoms with van der Waals surface area (Å²) in [5.74, 6) is 0. The standard InChI is InChI=1S/C6H15NSi/c1-5-6-8(4)7(2)3/h5-6,8H,1-4H3. The van der Waals surface area contributed by atoms with Gasteiger partial charge in [0.1, 0.15) is 8.96 Å². The molecule has 0 heterocycles. The lowest BCUT2D eigenvalue weighted by Gasteiger charge is -2.12. The van der Waals surface area contributed by atoms with Crippen LogP contribution in [0.4, 0.5) is 0 Å². The molecule has 0 radical (unpaired) electrons. The summed E-state index contributed by atoms with van der Waals surface area (Å²) in [5, 5.41) is 0. The van der Waals surface area contributed by atoms with Gasteiger partial charge in [-0.1, -0.05) is 18.3 Å². The average molecular weight is 129 g/mol. The average Bonchev–Trinajstić information content (AvgIpc) is 1.67. The molecule has 0 amide bonds. The van der Waals surface area contributed by atoms with Gasteiger partial charge in [-0.2, -0.15) is 0 Å². The number of rotatable bonds is 2. The smallest absolute Gasteiger partial charge is 0.132 e. The van der Waals surface area contributed by atoms with Crippen molar-refractivity contribution in [2.75, 3.05) is 14.1 Å². The fraction of sp³-hybridized carbons (Fsp3) is 0.667. The van der Waals surface area contributed by atoms with Gasteiger partial charge in [0.2, 0.25) is 0 Å². The van der Waals surface area contributed by atoms with E-state index < -0.39 is 8.96 Å². The van der Waals surface area contributed by atoms with Gasteiger partial charge < -0.3 is 4.57 Å². The quantitative estimate of drug-likeness (QED) is 0.503. The lowest BCUT2D eigenvalue weighted by Crippen LogP contribution is -2.27. The number of hydrogen-bond donors (Lipinski definition) is 0. The SMILES string of the molecule is CC=C[SiH](C)N(C)C. The molecule has 0 aromatic rings. The summed E-state index contributed by atoms with van der Waals surface area (Å²) in [6, 6.07) is 0. The van der Waals surface area contributed by atoms with E-state index >= 15 is 0 Å². The van der Waals surface area contributed by atoms with E-state index in [4.69, 9.17) is 0 Å². The van der Waals surface area contributed by atoms with Crippen molar-refractivity contribution in [3.63, 3.8) is 0 Å². The molecule has 0 saturated carbocycles. The number of allylic oxidation sites excluding steroid dienone is 1. The van der Waals surface area contributed by atoms with Gasteiger partial charge in [-0.3, -0.25) is 0 Å². The summed E-state index contributed by atoms with van der Waals surface area (Å²) < 4.78 is 2.31. The van der Waals surface area contributed by atoms with Crippen LogP contribution < -0.4 is 0 Å². The minimum atomic E-state index is -0.623. The highest BCUT2D eigenvalue weighted by atomic mass is 28.3. The van der Waals surface area contributed by atoms with Gasteiger partial charge in [0.05, 0.1) is 0 Å². The Hall–Kier alpha value is -0.0831. The van der Waals surface area contributed by atoms with Crippen LogP contribution in [0.15, 0.2) is 11.8 Å². The van der Waals surface area contributed by atoms with Crippen LogP contribution in [-0.4, -0.2) is 27.6 Å². The summed E-state index contributed by atoms with van der Waals surface area (Å²) in [5.41, 5.74) is 2.31. The van der Waals surface area contributed by atoms with Crippen molar-refractivity contribution in [2.45, 2.75) is 13.5 Å². The van der Waals surface area contributed by atoms with Crippen LogP contribution in [0, 0.1) is 0 Å². The summed E-state index contributed by atoms with van der Waals surface area (Å²) in [4.78, 5) is 0. The first kappa shape index (κ1) is 7.92. The third-order valence-corrected chi connectivity index (χ3v) is 3.86. The molecule has 48 valence electrons. The fourth-order valence-corrected chi connectivity index (χ4v) is 1.35. The Morgan fingerprint density at radius 1 is 1.38 bits per heavy atom. The summed E-state index contributed by atoms with van der Waals surface area (Å²) >= 11 is 0. The zero-order valence-corrected chi connectivity index (χ0v) is 7.33. The number of hydrogen-bond acceptors (Lipinski definition) is 1. The van der Waals surface area contributed by atoms with Crippen LogP contribution in [0.1, 0.15) is 6.92 Å². The van der Waals surface area contributed by atoms with Crippen LogP contribution >= 0.6 is 0 Å². The van der Waals surface area contributed by atoms with E-state index in [1.54, 1.807) is 0 Å². The van der Waals surface area contributed by atoms with Crippen molar-refractivity contribution in [1.29, 1.82) is 0 Å². The van der Waals surface area contributed by atoms with Gasteiger partial charge >= 0.3 is 0 Å². The molecule has 1 nitrogen and oxygen atoms in total. The zero-order valence-electron chi connectivity index (χ0n) is 6.18. The molecule has 1 atom stereocenters. The molecule has 0 rings (SSSR count). The van der Waals surface area contributed by atoms with Crippen molar-refractivity contribution in [2.24, 2.45) is 0 Å². The van der Waals surface area contributed by atoms with Gasteiger partial charge in [0, 0.05) is 0 Å². The molecule has 0 aromatic heterocycles. The molecule has 0 aliphatic rings. The molecule has 0 bridgehead atoms. The normalized spacial score (nSPS) is 15.6. The van der Waals surface area contributed by atoms with Gasteiger partial charge in [-0.05, 0) is 21.0 Å². The molecule has 0 aliphatic heterocycles. The highest BCUT2D eigenvalue weighted by Crippen LogP contribution is 1.86. The van der Waals surface area contributed by atoms with E-state index in [9.17, 15) is 0 Å². The van der Waals surface area contributed by atoms with Gasteiger partial charge in [-0.15, -0.1) is 0 Å². The molecule has 8 heavy (non-hydrogen) atoms. The van der Waals surface area contributed by atoms with Crippen molar-refractivity contribution in [1.82, 2.24) is 4.57 Å². The minimum Gasteiger partial charge on any atom is -0.328 e. The zero-order chi connectivity index (χ0) is 6.57. The lowest BCUT2D eigenvalue weighted by molar-refractivity contribution is 0.652. The van der Waals surface area contributed by atoms with Gasteiger partial charge in [-0.25, -0.2) is 0 Å². The molecule has 0 N–H and O–H groups in total.